The maximum absolute atomic E-state index is 11.9. The number of halogens is 3. The Labute approximate surface area is 186 Å². The van der Waals surface area contributed by atoms with Crippen molar-refractivity contribution in [3.05, 3.63) is 0 Å². The summed E-state index contributed by atoms with van der Waals surface area (Å²) in [6, 6.07) is 0. The van der Waals surface area contributed by atoms with Gasteiger partial charge in [0.2, 0.25) is 0 Å². The lowest BCUT2D eigenvalue weighted by Crippen LogP contribution is -2.39. The fourth-order valence-electron chi connectivity index (χ4n) is 1.98. The molecule has 0 bridgehead atoms. The van der Waals surface area contributed by atoms with E-state index in [4.69, 9.17) is 14.2 Å². The van der Waals surface area contributed by atoms with Gasteiger partial charge in [-0.3, -0.25) is 14.4 Å². The van der Waals surface area contributed by atoms with Crippen LogP contribution in [0, 0.1) is 5.41 Å². The minimum absolute atomic E-state index is 0.0437. The normalized spacial score (nSPS) is 11.1. The molecule has 0 radical (unpaired) electrons. The predicted octanol–water partition coefficient (Wildman–Crippen LogP) is 4.54. The van der Waals surface area contributed by atoms with Gasteiger partial charge >= 0.3 is 17.9 Å². The van der Waals surface area contributed by atoms with E-state index in [0.29, 0.717) is 44.9 Å². The second-order valence-corrected chi connectivity index (χ2v) is 8.59. The molecule has 0 N–H and O–H groups in total. The molecule has 0 fully saturated rings. The number of carbonyl (C=O) groups excluding carboxylic acids is 3. The van der Waals surface area contributed by atoms with E-state index in [-0.39, 0.29) is 37.7 Å². The van der Waals surface area contributed by atoms with E-state index in [1.165, 1.54) is 0 Å². The van der Waals surface area contributed by atoms with Crippen LogP contribution in [0.2, 0.25) is 0 Å². The lowest BCUT2D eigenvalue weighted by atomic mass is 9.88. The first-order valence-electron chi connectivity index (χ1n) is 9.07. The van der Waals surface area contributed by atoms with Crippen LogP contribution >= 0.6 is 47.8 Å². The summed E-state index contributed by atoms with van der Waals surface area (Å²) >= 11 is 9.83. The van der Waals surface area contributed by atoms with E-state index in [9.17, 15) is 14.4 Å². The standard InChI is InChI=1S/C18H29Br3O6/c1-2-18(12-25-15(22)6-3-9-19,13-26-16(23)7-4-10-20)14-27-17(24)8-5-11-21/h2-14H2,1H3. The monoisotopic (exact) mass is 578 g/mol. The molecule has 6 nitrogen and oxygen atoms in total. The number of carbonyl (C=O) groups is 3. The van der Waals surface area contributed by atoms with Crippen molar-refractivity contribution in [2.24, 2.45) is 5.41 Å². The SMILES string of the molecule is CCC(COC(=O)CCCBr)(COC(=O)CCCBr)COC(=O)CCCBr. The van der Waals surface area contributed by atoms with Gasteiger partial charge in [0.1, 0.15) is 19.8 Å². The molecule has 0 atom stereocenters. The van der Waals surface area contributed by atoms with Gasteiger partial charge in [-0.1, -0.05) is 54.7 Å². The Kier molecular flexibility index (Phi) is 16.7. The van der Waals surface area contributed by atoms with Crippen molar-refractivity contribution >= 4 is 65.7 Å². The Morgan fingerprint density at radius 1 is 0.667 bits per heavy atom. The van der Waals surface area contributed by atoms with Crippen molar-refractivity contribution in [1.29, 1.82) is 0 Å². The van der Waals surface area contributed by atoms with Gasteiger partial charge in [0.25, 0.3) is 0 Å². The Morgan fingerprint density at radius 3 is 1.19 bits per heavy atom. The number of hydrogen-bond acceptors (Lipinski definition) is 6. The number of rotatable bonds is 16. The third kappa shape index (κ3) is 13.6. The highest BCUT2D eigenvalue weighted by atomic mass is 79.9. The zero-order chi connectivity index (χ0) is 20.5. The molecule has 27 heavy (non-hydrogen) atoms. The summed E-state index contributed by atoms with van der Waals surface area (Å²) in [5.41, 5.74) is -0.738. The van der Waals surface area contributed by atoms with Crippen molar-refractivity contribution in [3.8, 4) is 0 Å². The Morgan fingerprint density at radius 2 is 0.963 bits per heavy atom. The van der Waals surface area contributed by atoms with E-state index < -0.39 is 5.41 Å². The zero-order valence-corrected chi connectivity index (χ0v) is 20.5. The van der Waals surface area contributed by atoms with E-state index in [1.54, 1.807) is 0 Å². The van der Waals surface area contributed by atoms with Crippen molar-refractivity contribution < 1.29 is 28.6 Å². The first-order chi connectivity index (χ1) is 12.9. The molecule has 0 saturated carbocycles. The lowest BCUT2D eigenvalue weighted by Gasteiger charge is -2.31. The fourth-order valence-corrected chi connectivity index (χ4v) is 2.82. The lowest BCUT2D eigenvalue weighted by molar-refractivity contribution is -0.162. The van der Waals surface area contributed by atoms with Gasteiger partial charge in [-0.2, -0.15) is 0 Å². The Hall–Kier alpha value is -0.150. The van der Waals surface area contributed by atoms with E-state index in [1.807, 2.05) is 6.92 Å². The first kappa shape index (κ1) is 26.9. The number of esters is 3. The molecule has 9 heteroatoms. The van der Waals surface area contributed by atoms with Crippen LogP contribution in [-0.4, -0.2) is 53.7 Å². The molecule has 0 aromatic rings. The molecule has 0 heterocycles. The van der Waals surface area contributed by atoms with E-state index in [0.717, 1.165) is 16.0 Å². The molecular formula is C18H29Br3O6. The van der Waals surface area contributed by atoms with Crippen LogP contribution in [0.15, 0.2) is 0 Å². The summed E-state index contributed by atoms with van der Waals surface area (Å²) in [5.74, 6) is -0.949. The highest BCUT2D eigenvalue weighted by Crippen LogP contribution is 2.25. The summed E-state index contributed by atoms with van der Waals surface area (Å²) in [4.78, 5) is 35.6. The van der Waals surface area contributed by atoms with Gasteiger partial charge in [0, 0.05) is 35.3 Å². The van der Waals surface area contributed by atoms with Crippen LogP contribution < -0.4 is 0 Å². The van der Waals surface area contributed by atoms with Crippen LogP contribution in [0.4, 0.5) is 0 Å². The highest BCUT2D eigenvalue weighted by Gasteiger charge is 2.34. The minimum atomic E-state index is -0.738. The zero-order valence-electron chi connectivity index (χ0n) is 15.8. The second kappa shape index (κ2) is 16.8. The fraction of sp³-hybridized carbons (Fsp3) is 0.833. The first-order valence-corrected chi connectivity index (χ1v) is 12.4. The molecule has 0 aliphatic carbocycles. The Balaban J connectivity index is 4.82. The van der Waals surface area contributed by atoms with Crippen LogP contribution in [0.25, 0.3) is 0 Å². The molecule has 0 aliphatic heterocycles. The largest absolute Gasteiger partial charge is 0.465 e. The average molecular weight is 581 g/mol. The van der Waals surface area contributed by atoms with Crippen LogP contribution in [0.3, 0.4) is 0 Å². The van der Waals surface area contributed by atoms with Gasteiger partial charge in [-0.15, -0.1) is 0 Å². The smallest absolute Gasteiger partial charge is 0.305 e. The minimum Gasteiger partial charge on any atom is -0.465 e. The third-order valence-corrected chi connectivity index (χ3v) is 5.59. The maximum Gasteiger partial charge on any atom is 0.305 e. The highest BCUT2D eigenvalue weighted by molar-refractivity contribution is 9.09. The summed E-state index contributed by atoms with van der Waals surface area (Å²) in [7, 11) is 0. The molecule has 0 spiro atoms. The van der Waals surface area contributed by atoms with Crippen LogP contribution in [0.5, 0.6) is 0 Å². The van der Waals surface area contributed by atoms with Gasteiger partial charge < -0.3 is 14.2 Å². The van der Waals surface area contributed by atoms with Gasteiger partial charge in [-0.25, -0.2) is 0 Å². The number of alkyl halides is 3. The molecular weight excluding hydrogens is 552 g/mol. The molecule has 0 aromatic heterocycles. The van der Waals surface area contributed by atoms with Gasteiger partial charge in [0.15, 0.2) is 0 Å². The molecule has 0 amide bonds. The second-order valence-electron chi connectivity index (χ2n) is 6.21. The topological polar surface area (TPSA) is 78.9 Å². The van der Waals surface area contributed by atoms with Crippen molar-refractivity contribution in [2.75, 3.05) is 35.8 Å². The summed E-state index contributed by atoms with van der Waals surface area (Å²) in [6.07, 6.45) is 3.50. The average Bonchev–Trinajstić information content (AvgIpc) is 2.68. The van der Waals surface area contributed by atoms with Crippen LogP contribution in [-0.2, 0) is 28.6 Å². The Bertz CT molecular complexity index is 385. The molecule has 0 aliphatic rings. The number of ether oxygens (including phenoxy) is 3. The quantitative estimate of drug-likeness (QED) is 0.152. The molecule has 0 rings (SSSR count). The van der Waals surface area contributed by atoms with E-state index in [2.05, 4.69) is 47.8 Å². The van der Waals surface area contributed by atoms with Gasteiger partial charge in [0.05, 0.1) is 5.41 Å². The maximum atomic E-state index is 11.9. The summed E-state index contributed by atoms with van der Waals surface area (Å²) in [5, 5.41) is 2.16. The summed E-state index contributed by atoms with van der Waals surface area (Å²) in [6.45, 7) is 2.02. The van der Waals surface area contributed by atoms with Gasteiger partial charge in [-0.05, 0) is 25.7 Å². The van der Waals surface area contributed by atoms with Crippen molar-refractivity contribution in [2.45, 2.75) is 51.9 Å². The number of hydrogen-bond donors (Lipinski definition) is 0. The predicted molar refractivity (Wildman–Crippen MR) is 115 cm³/mol. The molecule has 158 valence electrons. The summed E-state index contributed by atoms with van der Waals surface area (Å²) < 4.78 is 16.1. The molecule has 0 saturated heterocycles. The molecule has 0 aromatic carbocycles. The van der Waals surface area contributed by atoms with Crippen LogP contribution in [0.1, 0.15) is 51.9 Å². The molecule has 0 unspecified atom stereocenters. The van der Waals surface area contributed by atoms with E-state index >= 15 is 0 Å². The third-order valence-electron chi connectivity index (χ3n) is 3.91. The van der Waals surface area contributed by atoms with Crippen molar-refractivity contribution in [3.63, 3.8) is 0 Å². The van der Waals surface area contributed by atoms with Crippen molar-refractivity contribution in [1.82, 2.24) is 0 Å².